The van der Waals surface area contributed by atoms with Crippen molar-refractivity contribution in [2.75, 3.05) is 0 Å². The van der Waals surface area contributed by atoms with Gasteiger partial charge in [0.2, 0.25) is 0 Å². The fourth-order valence-corrected chi connectivity index (χ4v) is 13.4. The maximum atomic E-state index is 6.19. The van der Waals surface area contributed by atoms with Gasteiger partial charge >= 0.3 is 42.1 Å². The fraction of sp³-hybridized carbons (Fsp3) is 0.130. The van der Waals surface area contributed by atoms with Crippen LogP contribution in [0.1, 0.15) is 81.5 Å². The van der Waals surface area contributed by atoms with E-state index >= 15 is 0 Å². The number of nitrogens with zero attached hydrogens (tertiary/aromatic N) is 14. The van der Waals surface area contributed by atoms with E-state index in [2.05, 4.69) is 184 Å². The van der Waals surface area contributed by atoms with Crippen LogP contribution in [0.3, 0.4) is 0 Å². The summed E-state index contributed by atoms with van der Waals surface area (Å²) in [5.74, 6) is 3.14. The zero-order valence-electron chi connectivity index (χ0n) is 52.3. The van der Waals surface area contributed by atoms with Gasteiger partial charge in [-0.15, -0.1) is 24.3 Å². The summed E-state index contributed by atoms with van der Waals surface area (Å²) in [5.41, 5.74) is 19.9. The van der Waals surface area contributed by atoms with Crippen LogP contribution < -0.4 is 14.0 Å². The maximum absolute atomic E-state index is 6.19. The first-order chi connectivity index (χ1) is 45.6. The molecule has 18 aromatic rings. The van der Waals surface area contributed by atoms with Crippen molar-refractivity contribution >= 4 is 104 Å². The van der Waals surface area contributed by atoms with Crippen LogP contribution in [0.25, 0.3) is 116 Å². The smallest absolute Gasteiger partial charge is 0.501 e. The summed E-state index contributed by atoms with van der Waals surface area (Å²) >= 11 is 0. The number of hydrogen-bond acceptors (Lipinski definition) is 10. The number of fused-ring (bicyclic) bond motifs is 19. The SMILES string of the molecule is CC(C)c1cccc2c1c1ncc(Oc3[c-]c(-n4cccn4)ccc3)[c-]c1c1nc3ccccc3n21.CC(C)c1cccc2c1c1ncc(Oc3[c-]c(-n4cccn4)cnc3)[c-]c1c1nc3ccccc3n21.CC(C)c1cccc2c1c1nccc3c1c1n2cc[n+]1C3.[Pt+2].[Pt+2]. The molecule has 0 radical (unpaired) electrons. The second-order valence-electron chi connectivity index (χ2n) is 24.3. The van der Waals surface area contributed by atoms with Gasteiger partial charge in [0.1, 0.15) is 24.5 Å². The number of aromatic nitrogens is 14. The van der Waals surface area contributed by atoms with Crippen molar-refractivity contribution in [1.29, 1.82) is 0 Å². The Hall–Kier alpha value is -10.5. The van der Waals surface area contributed by atoms with Gasteiger partial charge in [0.15, 0.2) is 0 Å². The molecule has 18 heteroatoms. The molecular formula is C77H57N14O2Pt2+. The van der Waals surface area contributed by atoms with Crippen LogP contribution in [-0.2, 0) is 48.7 Å². The molecule has 95 heavy (non-hydrogen) atoms. The third-order valence-electron chi connectivity index (χ3n) is 17.5. The molecule has 1 aliphatic heterocycles. The van der Waals surface area contributed by atoms with Gasteiger partial charge in [0, 0.05) is 59.1 Å². The third-order valence-corrected chi connectivity index (χ3v) is 17.5. The van der Waals surface area contributed by atoms with Crippen molar-refractivity contribution in [2.45, 2.75) is 65.8 Å². The quantitative estimate of drug-likeness (QED) is 0.0777. The minimum Gasteiger partial charge on any atom is -0.501 e. The molecule has 0 saturated heterocycles. The minimum atomic E-state index is 0. The molecule has 466 valence electrons. The topological polar surface area (TPSA) is 149 Å². The van der Waals surface area contributed by atoms with Gasteiger partial charge in [-0.25, -0.2) is 4.57 Å². The van der Waals surface area contributed by atoms with Crippen LogP contribution in [-0.4, -0.2) is 62.7 Å². The summed E-state index contributed by atoms with van der Waals surface area (Å²) in [6, 6.07) is 60.8. The Balaban J connectivity index is 0.000000120. The summed E-state index contributed by atoms with van der Waals surface area (Å²) in [7, 11) is 0. The van der Waals surface area contributed by atoms with E-state index in [9.17, 15) is 0 Å². The molecule has 0 atom stereocenters. The van der Waals surface area contributed by atoms with Crippen molar-refractivity contribution in [2.24, 2.45) is 0 Å². The first-order valence-electron chi connectivity index (χ1n) is 31.2. The molecular weight excluding hydrogens is 1540 g/mol. The molecule has 0 bridgehead atoms. The number of imidazole rings is 3. The van der Waals surface area contributed by atoms with Gasteiger partial charge in [-0.2, -0.15) is 20.7 Å². The molecule has 19 rings (SSSR count). The van der Waals surface area contributed by atoms with Gasteiger partial charge in [-0.05, 0) is 147 Å². The zero-order chi connectivity index (χ0) is 62.6. The van der Waals surface area contributed by atoms with Gasteiger partial charge < -0.3 is 33.2 Å². The standard InChI is InChI=1S/C30H21N5O.C29H20N6O.C18H16N3.2Pt/c1-19(2)23-10-6-13-27-28(23)29-24(30-33-25-11-3-4-12-26(25)35(27)30)17-22(18-31-29)36-21-9-5-8-20(16-21)34-15-7-14-32-34;1-18(2)22-7-5-10-26-27(22)28-23(29-33-24-8-3-4-9-25(24)35(26)29)14-21(17-31-28)36-20-13-19(15-30-16-20)34-12-6-11-32-34;1-11(2)13-4-3-5-14-16(13)17-15-12(6-7-19-17)10-20-8-9-21(14)18(15)20;;/h3-15,18-19H,1-2H3;3-12,15-18H,1-2H3;3-9,11H,10H2,1-2H3;;/q2*-2;+1;2*+2. The fourth-order valence-electron chi connectivity index (χ4n) is 13.4. The van der Waals surface area contributed by atoms with Crippen LogP contribution >= 0.6 is 0 Å². The van der Waals surface area contributed by atoms with Gasteiger partial charge in [0.05, 0.1) is 61.1 Å². The Labute approximate surface area is 573 Å². The monoisotopic (exact) mass is 1600 g/mol. The van der Waals surface area contributed by atoms with E-state index in [1.807, 2.05) is 85.3 Å². The molecule has 12 aromatic heterocycles. The van der Waals surface area contributed by atoms with Gasteiger partial charge in [0.25, 0.3) is 5.65 Å². The average molecular weight is 1600 g/mol. The number of ether oxygens (including phenoxy) is 2. The Morgan fingerprint density at radius 3 is 1.51 bits per heavy atom. The van der Waals surface area contributed by atoms with Crippen molar-refractivity contribution in [1.82, 2.24) is 62.7 Å². The molecule has 0 fully saturated rings. The third kappa shape index (κ3) is 10.3. The molecule has 0 aliphatic carbocycles. The van der Waals surface area contributed by atoms with Crippen molar-refractivity contribution in [3.05, 3.63) is 254 Å². The van der Waals surface area contributed by atoms with Crippen LogP contribution in [0, 0.1) is 24.3 Å². The number of benzene rings is 6. The van der Waals surface area contributed by atoms with Gasteiger partial charge in [-0.1, -0.05) is 131 Å². The number of hydrogen-bond donors (Lipinski definition) is 0. The Morgan fingerprint density at radius 1 is 0.432 bits per heavy atom. The van der Waals surface area contributed by atoms with Crippen molar-refractivity contribution < 1.29 is 56.2 Å². The predicted octanol–water partition coefficient (Wildman–Crippen LogP) is 16.6. The molecule has 6 aromatic carbocycles. The largest absolute Gasteiger partial charge is 2.00 e. The normalized spacial score (nSPS) is 12.0. The van der Waals surface area contributed by atoms with E-state index in [1.165, 1.54) is 44.2 Å². The van der Waals surface area contributed by atoms with Crippen molar-refractivity contribution in [3.8, 4) is 34.4 Å². The van der Waals surface area contributed by atoms with Crippen molar-refractivity contribution in [3.63, 3.8) is 0 Å². The van der Waals surface area contributed by atoms with Crippen LogP contribution in [0.15, 0.2) is 208 Å². The molecule has 0 amide bonds. The molecule has 0 N–H and O–H groups in total. The summed E-state index contributed by atoms with van der Waals surface area (Å²) in [6.07, 6.45) is 20.2. The first kappa shape index (κ1) is 60.7. The second-order valence-corrected chi connectivity index (χ2v) is 24.3. The Morgan fingerprint density at radius 2 is 0.937 bits per heavy atom. The molecule has 13 heterocycles. The van der Waals surface area contributed by atoms with E-state index in [1.54, 1.807) is 46.5 Å². The number of rotatable bonds is 9. The summed E-state index contributed by atoms with van der Waals surface area (Å²) in [4.78, 5) is 28.8. The van der Waals surface area contributed by atoms with Crippen LogP contribution in [0.5, 0.6) is 23.0 Å². The molecule has 0 spiro atoms. The van der Waals surface area contributed by atoms with E-state index in [-0.39, 0.29) is 42.1 Å². The van der Waals surface area contributed by atoms with E-state index in [4.69, 9.17) is 34.4 Å². The van der Waals surface area contributed by atoms with E-state index < -0.39 is 0 Å². The Bertz CT molecular complexity index is 5720. The zero-order valence-corrected chi connectivity index (χ0v) is 56.8. The summed E-state index contributed by atoms with van der Waals surface area (Å²) in [6.45, 7) is 14.3. The Kier molecular flexibility index (Phi) is 15.6. The average Bonchev–Trinajstić information content (AvgIpc) is 1.64. The summed E-state index contributed by atoms with van der Waals surface area (Å²) < 4.78 is 24.8. The first-order valence-corrected chi connectivity index (χ1v) is 31.2. The predicted molar refractivity (Wildman–Crippen MR) is 363 cm³/mol. The maximum Gasteiger partial charge on any atom is 2.00 e. The van der Waals surface area contributed by atoms with E-state index in [0.717, 1.165) is 94.7 Å². The van der Waals surface area contributed by atoms with Gasteiger partial charge in [-0.3, -0.25) is 24.3 Å². The second kappa shape index (κ2) is 24.4. The minimum absolute atomic E-state index is 0. The molecule has 0 unspecified atom stereocenters. The number of pyridine rings is 7. The van der Waals surface area contributed by atoms with Crippen LogP contribution in [0.2, 0.25) is 0 Å². The molecule has 1 aliphatic rings. The van der Waals surface area contributed by atoms with Crippen LogP contribution in [0.4, 0.5) is 0 Å². The number of para-hydroxylation sites is 4. The van der Waals surface area contributed by atoms with E-state index in [0.29, 0.717) is 46.4 Å². The molecule has 16 nitrogen and oxygen atoms in total. The summed E-state index contributed by atoms with van der Waals surface area (Å²) in [5, 5.41) is 15.0. The molecule has 0 saturated carbocycles.